The highest BCUT2D eigenvalue weighted by Crippen LogP contribution is 2.32. The third-order valence-corrected chi connectivity index (χ3v) is 3.63. The molecule has 2 N–H and O–H groups in total. The van der Waals surface area contributed by atoms with Crippen LogP contribution in [0.3, 0.4) is 0 Å². The third-order valence-electron chi connectivity index (χ3n) is 2.47. The molecule has 0 saturated heterocycles. The summed E-state index contributed by atoms with van der Waals surface area (Å²) in [5.41, 5.74) is 6.07. The van der Waals surface area contributed by atoms with E-state index in [0.717, 1.165) is 6.07 Å². The second kappa shape index (κ2) is 5.86. The summed E-state index contributed by atoms with van der Waals surface area (Å²) >= 11 is 8.65. The van der Waals surface area contributed by atoms with Gasteiger partial charge < -0.3 is 10.5 Å². The number of halogens is 4. The van der Waals surface area contributed by atoms with Gasteiger partial charge in [0.15, 0.2) is 11.6 Å². The molecule has 0 saturated carbocycles. The van der Waals surface area contributed by atoms with Gasteiger partial charge in [-0.2, -0.15) is 0 Å². The first-order valence-corrected chi connectivity index (χ1v) is 6.50. The molecule has 0 aliphatic carbocycles. The fourth-order valence-electron chi connectivity index (χ4n) is 1.48. The van der Waals surface area contributed by atoms with Gasteiger partial charge >= 0.3 is 0 Å². The van der Waals surface area contributed by atoms with E-state index in [4.69, 9.17) is 22.1 Å². The number of rotatable bonds is 3. The van der Waals surface area contributed by atoms with E-state index < -0.39 is 11.6 Å². The summed E-state index contributed by atoms with van der Waals surface area (Å²) in [6, 6.07) is 6.96. The van der Waals surface area contributed by atoms with Crippen LogP contribution < -0.4 is 10.5 Å². The smallest absolute Gasteiger partial charge is 0.180 e. The summed E-state index contributed by atoms with van der Waals surface area (Å²) in [6.07, 6.45) is 0. The highest BCUT2D eigenvalue weighted by molar-refractivity contribution is 9.10. The molecule has 0 atom stereocenters. The van der Waals surface area contributed by atoms with Crippen molar-refractivity contribution in [2.24, 2.45) is 5.73 Å². The van der Waals surface area contributed by atoms with Crippen molar-refractivity contribution in [2.45, 2.75) is 6.54 Å². The standard InChI is InChI=1S/C13H9BrClF2NO/c14-12-7(6-18)1-4-11(13(12)17)19-8-2-3-9(15)10(16)5-8/h1-5H,6,18H2. The summed E-state index contributed by atoms with van der Waals surface area (Å²) in [5.74, 6) is -1.07. The Morgan fingerprint density at radius 3 is 2.58 bits per heavy atom. The van der Waals surface area contributed by atoms with E-state index in [2.05, 4.69) is 15.9 Å². The van der Waals surface area contributed by atoms with Crippen molar-refractivity contribution in [1.82, 2.24) is 0 Å². The zero-order valence-electron chi connectivity index (χ0n) is 9.59. The molecule has 100 valence electrons. The fraction of sp³-hybridized carbons (Fsp3) is 0.0769. The normalized spacial score (nSPS) is 10.6. The van der Waals surface area contributed by atoms with Gasteiger partial charge in [-0.05, 0) is 39.7 Å². The Morgan fingerprint density at radius 1 is 1.21 bits per heavy atom. The molecule has 6 heteroatoms. The molecule has 0 bridgehead atoms. The van der Waals surface area contributed by atoms with Gasteiger partial charge in [0.25, 0.3) is 0 Å². The Balaban J connectivity index is 2.33. The number of ether oxygens (including phenoxy) is 1. The molecule has 0 spiro atoms. The molecule has 0 aliphatic heterocycles. The van der Waals surface area contributed by atoms with E-state index in [0.29, 0.717) is 5.56 Å². The highest BCUT2D eigenvalue weighted by Gasteiger charge is 2.13. The van der Waals surface area contributed by atoms with Crippen molar-refractivity contribution < 1.29 is 13.5 Å². The second-order valence-corrected chi connectivity index (χ2v) is 4.93. The lowest BCUT2D eigenvalue weighted by Crippen LogP contribution is -2.00. The van der Waals surface area contributed by atoms with Crippen molar-refractivity contribution in [3.05, 3.63) is 57.0 Å². The first kappa shape index (κ1) is 14.2. The minimum Gasteiger partial charge on any atom is -0.454 e. The van der Waals surface area contributed by atoms with Crippen molar-refractivity contribution in [2.75, 3.05) is 0 Å². The van der Waals surface area contributed by atoms with Crippen LogP contribution in [0.1, 0.15) is 5.56 Å². The molecule has 2 rings (SSSR count). The van der Waals surface area contributed by atoms with Crippen LogP contribution in [0.25, 0.3) is 0 Å². The van der Waals surface area contributed by atoms with Gasteiger partial charge in [-0.25, -0.2) is 8.78 Å². The first-order valence-electron chi connectivity index (χ1n) is 5.32. The van der Waals surface area contributed by atoms with Crippen LogP contribution in [0.5, 0.6) is 11.5 Å². The van der Waals surface area contributed by atoms with Crippen LogP contribution in [0.15, 0.2) is 34.8 Å². The maximum atomic E-state index is 14.0. The molecule has 2 nitrogen and oxygen atoms in total. The predicted molar refractivity (Wildman–Crippen MR) is 73.5 cm³/mol. The molecule has 0 aromatic heterocycles. The Labute approximate surface area is 122 Å². The van der Waals surface area contributed by atoms with Gasteiger partial charge in [0.1, 0.15) is 11.6 Å². The SMILES string of the molecule is NCc1ccc(Oc2ccc(Cl)c(F)c2)c(F)c1Br. The average Bonchev–Trinajstić information content (AvgIpc) is 2.40. The Kier molecular flexibility index (Phi) is 4.39. The maximum absolute atomic E-state index is 14.0. The molecule has 0 radical (unpaired) electrons. The molecular formula is C13H9BrClF2NO. The van der Waals surface area contributed by atoms with Crippen LogP contribution in [0, 0.1) is 11.6 Å². The highest BCUT2D eigenvalue weighted by atomic mass is 79.9. The van der Waals surface area contributed by atoms with Gasteiger partial charge in [0.05, 0.1) is 9.50 Å². The summed E-state index contributed by atoms with van der Waals surface area (Å²) in [6.45, 7) is 0.202. The zero-order chi connectivity index (χ0) is 14.0. The van der Waals surface area contributed by atoms with E-state index in [9.17, 15) is 8.78 Å². The summed E-state index contributed by atoms with van der Waals surface area (Å²) < 4.78 is 32.7. The zero-order valence-corrected chi connectivity index (χ0v) is 11.9. The topological polar surface area (TPSA) is 35.2 Å². The molecule has 0 unspecified atom stereocenters. The van der Waals surface area contributed by atoms with Gasteiger partial charge in [0, 0.05) is 12.6 Å². The minimum atomic E-state index is -0.628. The van der Waals surface area contributed by atoms with Gasteiger partial charge in [-0.15, -0.1) is 0 Å². The lowest BCUT2D eigenvalue weighted by molar-refractivity contribution is 0.436. The summed E-state index contributed by atoms with van der Waals surface area (Å²) in [4.78, 5) is 0. The molecular weight excluding hydrogens is 340 g/mol. The van der Waals surface area contributed by atoms with Crippen LogP contribution in [-0.4, -0.2) is 0 Å². The quantitative estimate of drug-likeness (QED) is 0.877. The van der Waals surface area contributed by atoms with Crippen molar-refractivity contribution in [3.63, 3.8) is 0 Å². The molecule has 2 aromatic rings. The maximum Gasteiger partial charge on any atom is 0.180 e. The second-order valence-electron chi connectivity index (χ2n) is 3.73. The van der Waals surface area contributed by atoms with E-state index in [1.807, 2.05) is 0 Å². The average molecular weight is 349 g/mol. The van der Waals surface area contributed by atoms with Crippen molar-refractivity contribution in [3.8, 4) is 11.5 Å². The van der Waals surface area contributed by atoms with Gasteiger partial charge in [-0.3, -0.25) is 0 Å². The van der Waals surface area contributed by atoms with E-state index in [1.54, 1.807) is 6.07 Å². The monoisotopic (exact) mass is 347 g/mol. The van der Waals surface area contributed by atoms with Crippen LogP contribution in [-0.2, 0) is 6.54 Å². The van der Waals surface area contributed by atoms with Crippen molar-refractivity contribution in [1.29, 1.82) is 0 Å². The van der Waals surface area contributed by atoms with Crippen LogP contribution in [0.4, 0.5) is 8.78 Å². The van der Waals surface area contributed by atoms with Crippen molar-refractivity contribution >= 4 is 27.5 Å². The summed E-state index contributed by atoms with van der Waals surface area (Å²) in [5, 5.41) is -0.0208. The number of hydrogen-bond acceptors (Lipinski definition) is 2. The third kappa shape index (κ3) is 3.05. The fourth-order valence-corrected chi connectivity index (χ4v) is 2.08. The van der Waals surface area contributed by atoms with Crippen LogP contribution in [0.2, 0.25) is 5.02 Å². The largest absolute Gasteiger partial charge is 0.454 e. The minimum absolute atomic E-state index is 0.0208. The van der Waals surface area contributed by atoms with E-state index in [-0.39, 0.29) is 27.5 Å². The Hall–Kier alpha value is -1.17. The van der Waals surface area contributed by atoms with Gasteiger partial charge in [0.2, 0.25) is 0 Å². The molecule has 19 heavy (non-hydrogen) atoms. The predicted octanol–water partition coefficient (Wildman–Crippen LogP) is 4.63. The molecule has 0 amide bonds. The number of benzene rings is 2. The van der Waals surface area contributed by atoms with E-state index >= 15 is 0 Å². The lowest BCUT2D eigenvalue weighted by Gasteiger charge is -2.10. The molecule has 0 fully saturated rings. The number of hydrogen-bond donors (Lipinski definition) is 1. The molecule has 0 heterocycles. The van der Waals surface area contributed by atoms with E-state index in [1.165, 1.54) is 18.2 Å². The first-order chi connectivity index (χ1) is 9.02. The summed E-state index contributed by atoms with van der Waals surface area (Å²) in [7, 11) is 0. The Morgan fingerprint density at radius 2 is 1.95 bits per heavy atom. The lowest BCUT2D eigenvalue weighted by atomic mass is 10.2. The molecule has 0 aliphatic rings. The van der Waals surface area contributed by atoms with Gasteiger partial charge in [-0.1, -0.05) is 17.7 Å². The van der Waals surface area contributed by atoms with Crippen LogP contribution >= 0.6 is 27.5 Å². The number of nitrogens with two attached hydrogens (primary N) is 1. The molecule has 2 aromatic carbocycles. The Bertz CT molecular complexity index is 622.